The number of nitrogens with one attached hydrogen (secondary N) is 1. The summed E-state index contributed by atoms with van der Waals surface area (Å²) in [4.78, 5) is 0. The highest BCUT2D eigenvalue weighted by Gasteiger charge is 2.20. The summed E-state index contributed by atoms with van der Waals surface area (Å²) in [5.74, 6) is 0.288. The predicted octanol–water partition coefficient (Wildman–Crippen LogP) is 1.17. The third-order valence-corrected chi connectivity index (χ3v) is 5.00. The fourth-order valence-corrected chi connectivity index (χ4v) is 3.49. The smallest absolute Gasteiger partial charge is 0.272 e. The highest BCUT2D eigenvalue weighted by molar-refractivity contribution is 7.94. The Balaban J connectivity index is 2.40. The first-order valence-electron chi connectivity index (χ1n) is 4.77. The highest BCUT2D eigenvalue weighted by atomic mass is 32.2. The van der Waals surface area contributed by atoms with Gasteiger partial charge in [0.25, 0.3) is 10.0 Å². The van der Waals surface area contributed by atoms with Crippen LogP contribution in [0.1, 0.15) is 5.69 Å². The number of aromatic nitrogens is 2. The van der Waals surface area contributed by atoms with Crippen LogP contribution in [0.3, 0.4) is 0 Å². The number of anilines is 2. The highest BCUT2D eigenvalue weighted by Crippen LogP contribution is 2.25. The predicted molar refractivity (Wildman–Crippen MR) is 67.5 cm³/mol. The van der Waals surface area contributed by atoms with Crippen LogP contribution in [0.25, 0.3) is 0 Å². The van der Waals surface area contributed by atoms with Gasteiger partial charge in [0.1, 0.15) is 4.21 Å². The van der Waals surface area contributed by atoms with Crippen LogP contribution in [-0.4, -0.2) is 18.2 Å². The van der Waals surface area contributed by atoms with Crippen molar-refractivity contribution in [1.82, 2.24) is 9.78 Å². The summed E-state index contributed by atoms with van der Waals surface area (Å²) in [6.07, 6.45) is 0. The average Bonchev–Trinajstić information content (AvgIpc) is 2.84. The van der Waals surface area contributed by atoms with Crippen molar-refractivity contribution in [2.24, 2.45) is 7.05 Å². The van der Waals surface area contributed by atoms with Crippen molar-refractivity contribution < 1.29 is 8.42 Å². The van der Waals surface area contributed by atoms with E-state index in [-0.39, 0.29) is 10.0 Å². The van der Waals surface area contributed by atoms with Crippen LogP contribution in [0, 0.1) is 6.92 Å². The van der Waals surface area contributed by atoms with Crippen LogP contribution in [0.2, 0.25) is 0 Å². The van der Waals surface area contributed by atoms with Crippen LogP contribution >= 0.6 is 11.3 Å². The Bertz CT molecular complexity index is 628. The number of sulfonamides is 1. The van der Waals surface area contributed by atoms with Gasteiger partial charge in [0, 0.05) is 7.05 Å². The molecule has 0 saturated carbocycles. The fourth-order valence-electron chi connectivity index (χ4n) is 1.39. The molecule has 0 aliphatic rings. The van der Waals surface area contributed by atoms with Gasteiger partial charge in [-0.3, -0.25) is 4.72 Å². The maximum Gasteiger partial charge on any atom is 0.272 e. The van der Waals surface area contributed by atoms with E-state index in [9.17, 15) is 8.42 Å². The molecule has 0 bridgehead atoms. The summed E-state index contributed by atoms with van der Waals surface area (Å²) < 4.78 is 28.1. The summed E-state index contributed by atoms with van der Waals surface area (Å²) in [7, 11) is -1.94. The lowest BCUT2D eigenvalue weighted by molar-refractivity contribution is 0.602. The first-order valence-corrected chi connectivity index (χ1v) is 7.13. The van der Waals surface area contributed by atoms with Gasteiger partial charge in [-0.05, 0) is 18.4 Å². The van der Waals surface area contributed by atoms with Gasteiger partial charge in [-0.1, -0.05) is 6.07 Å². The zero-order valence-corrected chi connectivity index (χ0v) is 11.0. The molecule has 2 aromatic rings. The Morgan fingerprint density at radius 1 is 1.53 bits per heavy atom. The van der Waals surface area contributed by atoms with Gasteiger partial charge >= 0.3 is 0 Å². The van der Waals surface area contributed by atoms with Gasteiger partial charge in [-0.2, -0.15) is 5.10 Å². The van der Waals surface area contributed by atoms with Gasteiger partial charge in [0.05, 0.1) is 11.4 Å². The lowest BCUT2D eigenvalue weighted by Crippen LogP contribution is -2.15. The van der Waals surface area contributed by atoms with Crippen LogP contribution in [0.5, 0.6) is 0 Å². The molecule has 6 nitrogen and oxygen atoms in total. The number of rotatable bonds is 3. The largest absolute Gasteiger partial charge is 0.394 e. The third kappa shape index (κ3) is 2.13. The second-order valence-electron chi connectivity index (χ2n) is 3.51. The SMILES string of the molecule is Cc1nn(C)c(NS(=O)(=O)c2cccs2)c1N. The van der Waals surface area contributed by atoms with Crippen LogP contribution in [-0.2, 0) is 17.1 Å². The Morgan fingerprint density at radius 3 is 2.71 bits per heavy atom. The molecule has 0 aromatic carbocycles. The molecule has 2 rings (SSSR count). The molecule has 0 saturated heterocycles. The summed E-state index contributed by atoms with van der Waals surface area (Å²) in [5.41, 5.74) is 6.69. The molecule has 0 amide bonds. The second-order valence-corrected chi connectivity index (χ2v) is 6.37. The number of nitrogens with zero attached hydrogens (tertiary/aromatic N) is 2. The number of thiophene rings is 1. The van der Waals surface area contributed by atoms with E-state index >= 15 is 0 Å². The van der Waals surface area contributed by atoms with Gasteiger partial charge in [0.15, 0.2) is 5.82 Å². The van der Waals surface area contributed by atoms with Crippen molar-refractivity contribution >= 4 is 32.9 Å². The van der Waals surface area contributed by atoms with E-state index in [1.54, 1.807) is 25.4 Å². The Labute approximate surface area is 103 Å². The van der Waals surface area contributed by atoms with Crippen molar-refractivity contribution in [2.45, 2.75) is 11.1 Å². The molecule has 0 radical (unpaired) electrons. The lowest BCUT2D eigenvalue weighted by atomic mass is 10.4. The van der Waals surface area contributed by atoms with E-state index in [1.165, 1.54) is 10.7 Å². The van der Waals surface area contributed by atoms with Gasteiger partial charge in [-0.15, -0.1) is 11.3 Å². The minimum atomic E-state index is -3.57. The quantitative estimate of drug-likeness (QED) is 0.877. The average molecular weight is 272 g/mol. The Hall–Kier alpha value is -1.54. The maximum absolute atomic E-state index is 12.0. The number of nitrogen functional groups attached to an aromatic ring is 1. The monoisotopic (exact) mass is 272 g/mol. The van der Waals surface area contributed by atoms with Crippen molar-refractivity contribution in [2.75, 3.05) is 10.5 Å². The standard InChI is InChI=1S/C9H12N4O2S2/c1-6-8(10)9(13(2)11-6)12-17(14,15)7-4-3-5-16-7/h3-5,12H,10H2,1-2H3. The topological polar surface area (TPSA) is 90.0 Å². The molecular weight excluding hydrogens is 260 g/mol. The minimum Gasteiger partial charge on any atom is -0.394 e. The summed E-state index contributed by atoms with van der Waals surface area (Å²) >= 11 is 1.15. The Kier molecular flexibility index (Phi) is 2.84. The van der Waals surface area contributed by atoms with E-state index < -0.39 is 10.0 Å². The van der Waals surface area contributed by atoms with E-state index in [0.29, 0.717) is 11.4 Å². The summed E-state index contributed by atoms with van der Waals surface area (Å²) in [6.45, 7) is 1.72. The van der Waals surface area contributed by atoms with E-state index in [4.69, 9.17) is 5.73 Å². The summed E-state index contributed by atoms with van der Waals surface area (Å²) in [5, 5.41) is 5.75. The molecule has 8 heteroatoms. The molecule has 92 valence electrons. The molecule has 0 unspecified atom stereocenters. The van der Waals surface area contributed by atoms with E-state index in [1.807, 2.05) is 0 Å². The van der Waals surface area contributed by atoms with Gasteiger partial charge in [0.2, 0.25) is 0 Å². The number of aryl methyl sites for hydroxylation is 2. The molecule has 2 aromatic heterocycles. The first-order chi connectivity index (χ1) is 7.92. The first kappa shape index (κ1) is 11.9. The third-order valence-electron chi connectivity index (χ3n) is 2.26. The lowest BCUT2D eigenvalue weighted by Gasteiger charge is -2.07. The molecule has 17 heavy (non-hydrogen) atoms. The number of hydrogen-bond donors (Lipinski definition) is 2. The Morgan fingerprint density at radius 2 is 2.24 bits per heavy atom. The molecule has 2 heterocycles. The van der Waals surface area contributed by atoms with E-state index in [0.717, 1.165) is 11.3 Å². The van der Waals surface area contributed by atoms with Gasteiger partial charge < -0.3 is 5.73 Å². The zero-order chi connectivity index (χ0) is 12.6. The summed E-state index contributed by atoms with van der Waals surface area (Å²) in [6, 6.07) is 3.21. The zero-order valence-electron chi connectivity index (χ0n) is 9.34. The minimum absolute atomic E-state index is 0.246. The molecular formula is C9H12N4O2S2. The maximum atomic E-state index is 12.0. The normalized spacial score (nSPS) is 11.6. The van der Waals surface area contributed by atoms with Crippen molar-refractivity contribution in [3.63, 3.8) is 0 Å². The van der Waals surface area contributed by atoms with Crippen LogP contribution in [0.15, 0.2) is 21.7 Å². The van der Waals surface area contributed by atoms with E-state index in [2.05, 4.69) is 9.82 Å². The van der Waals surface area contributed by atoms with Crippen molar-refractivity contribution in [3.8, 4) is 0 Å². The molecule has 3 N–H and O–H groups in total. The molecule has 0 spiro atoms. The van der Waals surface area contributed by atoms with Crippen molar-refractivity contribution in [1.29, 1.82) is 0 Å². The second kappa shape index (κ2) is 4.04. The fraction of sp³-hybridized carbons (Fsp3) is 0.222. The molecule has 0 atom stereocenters. The number of hydrogen-bond acceptors (Lipinski definition) is 5. The molecule has 0 aliphatic carbocycles. The molecule has 0 aliphatic heterocycles. The number of nitrogens with two attached hydrogens (primary N) is 1. The van der Waals surface area contributed by atoms with Crippen molar-refractivity contribution in [3.05, 3.63) is 23.2 Å². The van der Waals surface area contributed by atoms with Crippen LogP contribution < -0.4 is 10.5 Å². The van der Waals surface area contributed by atoms with Crippen LogP contribution in [0.4, 0.5) is 11.5 Å². The van der Waals surface area contributed by atoms with Gasteiger partial charge in [-0.25, -0.2) is 13.1 Å². The molecule has 0 fully saturated rings.